The van der Waals surface area contributed by atoms with Gasteiger partial charge in [-0.2, -0.15) is 0 Å². The molecule has 0 bridgehead atoms. The van der Waals surface area contributed by atoms with Gasteiger partial charge in [0.1, 0.15) is 11.5 Å². The number of aromatic nitrogens is 5. The molecule has 1 aliphatic rings. The predicted molar refractivity (Wildman–Crippen MR) is 133 cm³/mol. The van der Waals surface area contributed by atoms with Crippen LogP contribution in [0.5, 0.6) is 5.75 Å². The van der Waals surface area contributed by atoms with E-state index in [0.717, 1.165) is 47.7 Å². The normalized spacial score (nSPS) is 16.9. The lowest BCUT2D eigenvalue weighted by Gasteiger charge is -2.33. The van der Waals surface area contributed by atoms with E-state index < -0.39 is 0 Å². The van der Waals surface area contributed by atoms with Crippen LogP contribution in [-0.4, -0.2) is 49.9 Å². The van der Waals surface area contributed by atoms with Gasteiger partial charge in [-0.3, -0.25) is 9.69 Å². The Labute approximate surface area is 209 Å². The van der Waals surface area contributed by atoms with Crippen molar-refractivity contribution in [1.29, 1.82) is 0 Å². The van der Waals surface area contributed by atoms with Crippen LogP contribution in [0.15, 0.2) is 51.9 Å². The Morgan fingerprint density at radius 3 is 2.86 bits per heavy atom. The van der Waals surface area contributed by atoms with E-state index in [1.807, 2.05) is 41.1 Å². The summed E-state index contributed by atoms with van der Waals surface area (Å²) < 4.78 is 18.8. The minimum absolute atomic E-state index is 0.108. The highest BCUT2D eigenvalue weighted by Gasteiger charge is 2.31. The summed E-state index contributed by atoms with van der Waals surface area (Å²) in [5, 5.41) is 13.6. The van der Waals surface area contributed by atoms with Gasteiger partial charge >= 0.3 is 0 Å². The van der Waals surface area contributed by atoms with Gasteiger partial charge in [0.05, 0.1) is 38.6 Å². The number of rotatable bonds is 10. The van der Waals surface area contributed by atoms with Gasteiger partial charge in [0.2, 0.25) is 0 Å². The van der Waals surface area contributed by atoms with Gasteiger partial charge in [-0.25, -0.2) is 4.68 Å². The summed E-state index contributed by atoms with van der Waals surface area (Å²) in [5.41, 5.74) is 1.28. The molecule has 4 aromatic rings. The molecule has 36 heavy (non-hydrogen) atoms. The average molecular weight is 493 g/mol. The molecule has 4 heterocycles. The average Bonchev–Trinajstić information content (AvgIpc) is 3.64. The Morgan fingerprint density at radius 1 is 1.25 bits per heavy atom. The smallest absolute Gasteiger partial charge is 0.252 e. The number of hydrogen-bond donors (Lipinski definition) is 1. The van der Waals surface area contributed by atoms with Gasteiger partial charge in [0.25, 0.3) is 5.56 Å². The second-order valence-corrected chi connectivity index (χ2v) is 9.60. The van der Waals surface area contributed by atoms with Crippen molar-refractivity contribution in [3.8, 4) is 5.75 Å². The maximum atomic E-state index is 13.1. The highest BCUT2D eigenvalue weighted by molar-refractivity contribution is 5.80. The van der Waals surface area contributed by atoms with Crippen molar-refractivity contribution < 1.29 is 13.9 Å². The van der Waals surface area contributed by atoms with E-state index in [-0.39, 0.29) is 23.6 Å². The van der Waals surface area contributed by atoms with E-state index in [0.29, 0.717) is 25.2 Å². The lowest BCUT2D eigenvalue weighted by atomic mass is 10.00. The van der Waals surface area contributed by atoms with Crippen LogP contribution in [0.25, 0.3) is 10.9 Å². The van der Waals surface area contributed by atoms with Gasteiger partial charge in [0, 0.05) is 29.6 Å². The van der Waals surface area contributed by atoms with Crippen LogP contribution < -0.4 is 10.3 Å². The molecule has 5 rings (SSSR count). The number of nitrogens with zero attached hydrogens (tertiary/aromatic N) is 5. The first-order chi connectivity index (χ1) is 17.5. The number of aromatic amines is 1. The van der Waals surface area contributed by atoms with Crippen LogP contribution in [0.3, 0.4) is 0 Å². The SMILES string of the molecule is COc1ccc2[nH]c(=O)c(CN(Cc3ccco3)[C@H](c3nnnn3C[C@@H]3CCCO3)C(C)C)cc2c1. The second kappa shape index (κ2) is 10.6. The molecular formula is C26H32N6O4. The number of fused-ring (bicyclic) bond motifs is 1. The topological polar surface area (TPSA) is 111 Å². The lowest BCUT2D eigenvalue weighted by Crippen LogP contribution is -2.35. The summed E-state index contributed by atoms with van der Waals surface area (Å²) in [6.45, 7) is 6.55. The van der Waals surface area contributed by atoms with Gasteiger partial charge in [-0.1, -0.05) is 13.8 Å². The molecule has 10 heteroatoms. The fourth-order valence-corrected chi connectivity index (χ4v) is 4.97. The van der Waals surface area contributed by atoms with Gasteiger partial charge in [0.15, 0.2) is 5.82 Å². The standard InChI is InChI=1S/C26H32N6O4/c1-17(2)24(25-28-29-30-32(25)16-22-7-5-11-36-22)31(15-21-6-4-10-35-21)14-19-12-18-13-20(34-3)8-9-23(18)27-26(19)33/h4,6,8-10,12-13,17,22,24H,5,7,11,14-16H2,1-3H3,(H,27,33)/t22-,24-/m0/s1. The first-order valence-corrected chi connectivity index (χ1v) is 12.4. The van der Waals surface area contributed by atoms with Crippen molar-refractivity contribution in [2.24, 2.45) is 5.92 Å². The zero-order valence-corrected chi connectivity index (χ0v) is 20.9. The molecule has 0 amide bonds. The largest absolute Gasteiger partial charge is 0.497 e. The number of furan rings is 1. The molecule has 10 nitrogen and oxygen atoms in total. The molecule has 1 N–H and O–H groups in total. The number of methoxy groups -OCH3 is 1. The van der Waals surface area contributed by atoms with E-state index >= 15 is 0 Å². The minimum Gasteiger partial charge on any atom is -0.497 e. The molecule has 0 spiro atoms. The quantitative estimate of drug-likeness (QED) is 0.357. The van der Waals surface area contributed by atoms with Gasteiger partial charge in [-0.15, -0.1) is 5.10 Å². The number of ether oxygens (including phenoxy) is 2. The number of nitrogens with one attached hydrogen (secondary N) is 1. The maximum absolute atomic E-state index is 13.1. The molecule has 1 fully saturated rings. The lowest BCUT2D eigenvalue weighted by molar-refractivity contribution is 0.0836. The van der Waals surface area contributed by atoms with Crippen LogP contribution in [-0.2, 0) is 24.4 Å². The Kier molecular flexibility index (Phi) is 7.15. The van der Waals surface area contributed by atoms with Crippen molar-refractivity contribution in [1.82, 2.24) is 30.1 Å². The summed E-state index contributed by atoms with van der Waals surface area (Å²) >= 11 is 0. The molecule has 1 saturated heterocycles. The molecule has 1 aliphatic heterocycles. The van der Waals surface area contributed by atoms with Crippen molar-refractivity contribution >= 4 is 10.9 Å². The first kappa shape index (κ1) is 24.2. The van der Waals surface area contributed by atoms with Gasteiger partial charge < -0.3 is 18.9 Å². The van der Waals surface area contributed by atoms with E-state index in [1.54, 1.807) is 13.4 Å². The van der Waals surface area contributed by atoms with E-state index in [1.165, 1.54) is 0 Å². The summed E-state index contributed by atoms with van der Waals surface area (Å²) in [6, 6.07) is 11.2. The molecule has 2 atom stereocenters. The Morgan fingerprint density at radius 2 is 2.14 bits per heavy atom. The summed E-state index contributed by atoms with van der Waals surface area (Å²) in [6.07, 6.45) is 3.82. The van der Waals surface area contributed by atoms with E-state index in [2.05, 4.69) is 39.3 Å². The Bertz CT molecular complexity index is 1340. The number of hydrogen-bond acceptors (Lipinski definition) is 8. The molecule has 1 aromatic carbocycles. The van der Waals surface area contributed by atoms with Gasteiger partial charge in [-0.05, 0) is 65.6 Å². The molecule has 190 valence electrons. The molecule has 0 saturated carbocycles. The zero-order chi connectivity index (χ0) is 25.1. The van der Waals surface area contributed by atoms with Crippen molar-refractivity contribution in [2.75, 3.05) is 13.7 Å². The highest BCUT2D eigenvalue weighted by Crippen LogP contribution is 2.31. The van der Waals surface area contributed by atoms with Crippen LogP contribution in [0.2, 0.25) is 0 Å². The monoisotopic (exact) mass is 492 g/mol. The van der Waals surface area contributed by atoms with Crippen molar-refractivity contribution in [3.63, 3.8) is 0 Å². The minimum atomic E-state index is -0.160. The van der Waals surface area contributed by atoms with Crippen LogP contribution in [0.1, 0.15) is 49.9 Å². The third-order valence-corrected chi connectivity index (χ3v) is 6.69. The van der Waals surface area contributed by atoms with Crippen LogP contribution in [0.4, 0.5) is 0 Å². The van der Waals surface area contributed by atoms with Crippen LogP contribution >= 0.6 is 0 Å². The van der Waals surface area contributed by atoms with Crippen molar-refractivity contribution in [2.45, 2.75) is 58.5 Å². The first-order valence-electron chi connectivity index (χ1n) is 12.4. The Hall–Kier alpha value is -3.50. The van der Waals surface area contributed by atoms with E-state index in [4.69, 9.17) is 13.9 Å². The molecule has 3 aromatic heterocycles. The molecule has 0 aliphatic carbocycles. The number of pyridine rings is 1. The number of benzene rings is 1. The van der Waals surface area contributed by atoms with Crippen LogP contribution in [0, 0.1) is 5.92 Å². The predicted octanol–water partition coefficient (Wildman–Crippen LogP) is 3.69. The summed E-state index contributed by atoms with van der Waals surface area (Å²) in [5.74, 6) is 2.46. The fourth-order valence-electron chi connectivity index (χ4n) is 4.97. The fraction of sp³-hybridized carbons (Fsp3) is 0.462. The molecular weight excluding hydrogens is 460 g/mol. The molecule has 0 radical (unpaired) electrons. The summed E-state index contributed by atoms with van der Waals surface area (Å²) in [7, 11) is 1.63. The van der Waals surface area contributed by atoms with Crippen molar-refractivity contribution in [3.05, 3.63) is 70.2 Å². The third kappa shape index (κ3) is 5.19. The molecule has 0 unspecified atom stereocenters. The van der Waals surface area contributed by atoms with E-state index in [9.17, 15) is 4.79 Å². The number of H-pyrrole nitrogens is 1. The number of tetrazole rings is 1. The highest BCUT2D eigenvalue weighted by atomic mass is 16.5. The zero-order valence-electron chi connectivity index (χ0n) is 20.9. The third-order valence-electron chi connectivity index (χ3n) is 6.69. The second-order valence-electron chi connectivity index (χ2n) is 9.60. The Balaban J connectivity index is 1.51. The summed E-state index contributed by atoms with van der Waals surface area (Å²) in [4.78, 5) is 18.3. The maximum Gasteiger partial charge on any atom is 0.252 e.